The molecule has 0 aromatic carbocycles. The summed E-state index contributed by atoms with van der Waals surface area (Å²) in [7, 11) is -2.85. The van der Waals surface area contributed by atoms with E-state index < -0.39 is 9.84 Å². The van der Waals surface area contributed by atoms with Crippen LogP contribution in [0.3, 0.4) is 0 Å². The van der Waals surface area contributed by atoms with Gasteiger partial charge in [-0.2, -0.15) is 11.8 Å². The largest absolute Gasteiger partial charge is 0.299 e. The van der Waals surface area contributed by atoms with Gasteiger partial charge in [-0.05, 0) is 6.42 Å². The highest BCUT2D eigenvalue weighted by molar-refractivity contribution is 8.01. The Hall–Kier alpha value is -0.0300. The van der Waals surface area contributed by atoms with E-state index in [9.17, 15) is 13.2 Å². The zero-order valence-electron chi connectivity index (χ0n) is 8.52. The monoisotopic (exact) mass is 236 g/mol. The molecule has 2 atom stereocenters. The van der Waals surface area contributed by atoms with E-state index in [1.807, 2.05) is 6.92 Å². The van der Waals surface area contributed by atoms with Crippen molar-refractivity contribution in [2.75, 3.05) is 17.8 Å². The predicted octanol–water partition coefficient (Wildman–Crippen LogP) is 1.13. The molecular weight excluding hydrogens is 220 g/mol. The fraction of sp³-hybridized carbons (Fsp3) is 0.889. The van der Waals surface area contributed by atoms with Crippen molar-refractivity contribution in [2.24, 2.45) is 5.92 Å². The van der Waals surface area contributed by atoms with Gasteiger partial charge >= 0.3 is 0 Å². The van der Waals surface area contributed by atoms with Gasteiger partial charge in [0.1, 0.15) is 15.6 Å². The van der Waals surface area contributed by atoms with Gasteiger partial charge in [0.2, 0.25) is 0 Å². The maximum absolute atomic E-state index is 11.2. The first-order chi connectivity index (χ1) is 6.40. The van der Waals surface area contributed by atoms with Gasteiger partial charge in [-0.15, -0.1) is 0 Å². The smallest absolute Gasteiger partial charge is 0.148 e. The van der Waals surface area contributed by atoms with Gasteiger partial charge in [-0.1, -0.05) is 6.92 Å². The second kappa shape index (κ2) is 4.66. The van der Waals surface area contributed by atoms with Crippen molar-refractivity contribution < 1.29 is 13.2 Å². The molecule has 0 aliphatic heterocycles. The summed E-state index contributed by atoms with van der Waals surface area (Å²) < 4.78 is 21.7. The van der Waals surface area contributed by atoms with E-state index in [4.69, 9.17) is 0 Å². The van der Waals surface area contributed by atoms with Gasteiger partial charge in [0, 0.05) is 29.6 Å². The summed E-state index contributed by atoms with van der Waals surface area (Å²) in [6.07, 6.45) is 2.82. The number of thioether (sulfide) groups is 1. The van der Waals surface area contributed by atoms with Crippen LogP contribution in [-0.2, 0) is 14.6 Å². The lowest BCUT2D eigenvalue weighted by Gasteiger charge is -2.12. The summed E-state index contributed by atoms with van der Waals surface area (Å²) in [6, 6.07) is 0. The molecule has 1 aliphatic rings. The molecule has 1 fully saturated rings. The van der Waals surface area contributed by atoms with E-state index >= 15 is 0 Å². The van der Waals surface area contributed by atoms with E-state index in [1.54, 1.807) is 11.8 Å². The van der Waals surface area contributed by atoms with Crippen LogP contribution in [-0.4, -0.2) is 37.2 Å². The van der Waals surface area contributed by atoms with E-state index in [1.165, 1.54) is 6.26 Å². The summed E-state index contributed by atoms with van der Waals surface area (Å²) in [4.78, 5) is 11.2. The minimum absolute atomic E-state index is 0.111. The van der Waals surface area contributed by atoms with Crippen LogP contribution >= 0.6 is 11.8 Å². The molecular formula is C9H16O3S2. The number of hydrogen-bond acceptors (Lipinski definition) is 4. The Kier molecular flexibility index (Phi) is 4.01. The average molecular weight is 236 g/mol. The average Bonchev–Trinajstić information content (AvgIpc) is 2.33. The molecule has 5 heteroatoms. The van der Waals surface area contributed by atoms with Gasteiger partial charge in [0.05, 0.1) is 5.75 Å². The third kappa shape index (κ3) is 3.61. The van der Waals surface area contributed by atoms with Gasteiger partial charge in [0.15, 0.2) is 0 Å². The molecule has 1 aliphatic carbocycles. The summed E-state index contributed by atoms with van der Waals surface area (Å²) in [5.74, 6) is 1.26. The van der Waals surface area contributed by atoms with Crippen molar-refractivity contribution in [2.45, 2.75) is 25.0 Å². The summed E-state index contributed by atoms with van der Waals surface area (Å²) >= 11 is 1.62. The second-order valence-corrected chi connectivity index (χ2v) is 7.44. The molecule has 1 saturated carbocycles. The SMILES string of the molecule is CC1C(=O)CCC1SCCS(C)(=O)=O. The molecule has 82 valence electrons. The Labute approximate surface area is 89.6 Å². The van der Waals surface area contributed by atoms with Crippen LogP contribution in [0.1, 0.15) is 19.8 Å². The van der Waals surface area contributed by atoms with E-state index in [2.05, 4.69) is 0 Å². The van der Waals surface area contributed by atoms with Crippen LogP contribution in [0.4, 0.5) is 0 Å². The quantitative estimate of drug-likeness (QED) is 0.734. The summed E-state index contributed by atoms with van der Waals surface area (Å²) in [5, 5.41) is 0.337. The van der Waals surface area contributed by atoms with E-state index in [0.717, 1.165) is 6.42 Å². The standard InChI is InChI=1S/C9H16O3S2/c1-7-8(10)3-4-9(7)13-5-6-14(2,11)12/h7,9H,3-6H2,1-2H3. The minimum atomic E-state index is -2.85. The van der Waals surface area contributed by atoms with Crippen LogP contribution in [0.5, 0.6) is 0 Å². The van der Waals surface area contributed by atoms with Crippen molar-refractivity contribution in [1.82, 2.24) is 0 Å². The maximum Gasteiger partial charge on any atom is 0.148 e. The van der Waals surface area contributed by atoms with Crippen LogP contribution in [0.25, 0.3) is 0 Å². The molecule has 14 heavy (non-hydrogen) atoms. The van der Waals surface area contributed by atoms with E-state index in [-0.39, 0.29) is 11.7 Å². The Bertz CT molecular complexity index is 308. The molecule has 0 N–H and O–H groups in total. The number of sulfone groups is 1. The van der Waals surface area contributed by atoms with Crippen molar-refractivity contribution >= 4 is 27.4 Å². The Morgan fingerprint density at radius 2 is 2.14 bits per heavy atom. The lowest BCUT2D eigenvalue weighted by atomic mass is 10.1. The number of hydrogen-bond donors (Lipinski definition) is 0. The lowest BCUT2D eigenvalue weighted by molar-refractivity contribution is -0.120. The highest BCUT2D eigenvalue weighted by Crippen LogP contribution is 2.32. The minimum Gasteiger partial charge on any atom is -0.299 e. The Morgan fingerprint density at radius 1 is 1.50 bits per heavy atom. The molecule has 3 nitrogen and oxygen atoms in total. The summed E-state index contributed by atoms with van der Waals surface area (Å²) in [6.45, 7) is 1.94. The van der Waals surface area contributed by atoms with E-state index in [0.29, 0.717) is 23.2 Å². The molecule has 0 spiro atoms. The number of ketones is 1. The van der Waals surface area contributed by atoms with Crippen molar-refractivity contribution in [3.05, 3.63) is 0 Å². The van der Waals surface area contributed by atoms with Crippen LogP contribution in [0.15, 0.2) is 0 Å². The fourth-order valence-corrected chi connectivity index (χ4v) is 4.17. The predicted molar refractivity (Wildman–Crippen MR) is 59.4 cm³/mol. The molecule has 1 rings (SSSR count). The number of Topliss-reactive ketones (excluding diaryl/α,β-unsaturated/α-hetero) is 1. The number of carbonyl (C=O) groups is 1. The zero-order chi connectivity index (χ0) is 10.8. The highest BCUT2D eigenvalue weighted by atomic mass is 32.2. The molecule has 0 amide bonds. The first-order valence-corrected chi connectivity index (χ1v) is 7.83. The molecule has 0 aromatic rings. The van der Waals surface area contributed by atoms with Gasteiger partial charge in [0.25, 0.3) is 0 Å². The zero-order valence-corrected chi connectivity index (χ0v) is 10.2. The molecule has 0 heterocycles. The second-order valence-electron chi connectivity index (χ2n) is 3.83. The first kappa shape index (κ1) is 12.0. The Morgan fingerprint density at radius 3 is 2.57 bits per heavy atom. The molecule has 0 aromatic heterocycles. The van der Waals surface area contributed by atoms with Crippen LogP contribution in [0, 0.1) is 5.92 Å². The van der Waals surface area contributed by atoms with Gasteiger partial charge < -0.3 is 0 Å². The topological polar surface area (TPSA) is 51.2 Å². The number of rotatable bonds is 4. The van der Waals surface area contributed by atoms with Crippen molar-refractivity contribution in [3.63, 3.8) is 0 Å². The molecule has 0 bridgehead atoms. The number of carbonyl (C=O) groups excluding carboxylic acids is 1. The fourth-order valence-electron chi connectivity index (χ4n) is 1.55. The third-order valence-electron chi connectivity index (χ3n) is 2.53. The maximum atomic E-state index is 11.2. The molecule has 2 unspecified atom stereocenters. The molecule has 0 saturated heterocycles. The van der Waals surface area contributed by atoms with Gasteiger partial charge in [-0.25, -0.2) is 8.42 Å². The third-order valence-corrected chi connectivity index (χ3v) is 5.24. The van der Waals surface area contributed by atoms with Crippen molar-refractivity contribution in [1.29, 1.82) is 0 Å². The first-order valence-electron chi connectivity index (χ1n) is 4.72. The normalized spacial score (nSPS) is 28.3. The lowest BCUT2D eigenvalue weighted by Crippen LogP contribution is -2.15. The Balaban J connectivity index is 2.30. The summed E-state index contributed by atoms with van der Waals surface area (Å²) in [5.41, 5.74) is 0. The van der Waals surface area contributed by atoms with Crippen LogP contribution < -0.4 is 0 Å². The van der Waals surface area contributed by atoms with Gasteiger partial charge in [-0.3, -0.25) is 4.79 Å². The van der Waals surface area contributed by atoms with Crippen LogP contribution in [0.2, 0.25) is 0 Å². The highest BCUT2D eigenvalue weighted by Gasteiger charge is 2.30. The molecule has 0 radical (unpaired) electrons. The van der Waals surface area contributed by atoms with Crippen molar-refractivity contribution in [3.8, 4) is 0 Å².